The molecule has 1 N–H and O–H groups in total. The molecule has 0 aliphatic carbocycles. The van der Waals surface area contributed by atoms with Gasteiger partial charge in [-0.3, -0.25) is 4.90 Å². The number of nitrogens with zero attached hydrogens (tertiary/aromatic N) is 1. The highest BCUT2D eigenvalue weighted by Crippen LogP contribution is 2.30. The Kier molecular flexibility index (Phi) is 2.00. The Bertz CT molecular complexity index is 235. The van der Waals surface area contributed by atoms with Gasteiger partial charge >= 0.3 is 6.09 Å². The summed E-state index contributed by atoms with van der Waals surface area (Å²) in [5.74, 6) is 0. The van der Waals surface area contributed by atoms with E-state index in [0.717, 1.165) is 0 Å². The van der Waals surface area contributed by atoms with Crippen molar-refractivity contribution in [1.29, 1.82) is 0 Å². The quantitative estimate of drug-likeness (QED) is 0.557. The van der Waals surface area contributed by atoms with Crippen LogP contribution in [0.25, 0.3) is 0 Å². The van der Waals surface area contributed by atoms with E-state index >= 15 is 0 Å². The molecule has 4 heteroatoms. The minimum Gasteiger partial charge on any atom is -0.453 e. The van der Waals surface area contributed by atoms with Gasteiger partial charge in [-0.15, -0.1) is 0 Å². The largest absolute Gasteiger partial charge is 0.453 e. The number of aliphatic hydroxyl groups excluding tert-OH is 1. The molecule has 0 spiro atoms. The van der Waals surface area contributed by atoms with Gasteiger partial charge in [0.25, 0.3) is 0 Å². The summed E-state index contributed by atoms with van der Waals surface area (Å²) in [4.78, 5) is 13.0. The third-order valence-electron chi connectivity index (χ3n) is 2.68. The van der Waals surface area contributed by atoms with Gasteiger partial charge in [0.05, 0.1) is 25.3 Å². The van der Waals surface area contributed by atoms with Crippen molar-refractivity contribution in [3.05, 3.63) is 12.2 Å². The first-order chi connectivity index (χ1) is 6.22. The molecular formula is C9H13NO3. The molecule has 72 valence electrons. The number of carbonyl (C=O) groups is 1. The Hall–Kier alpha value is -1.03. The summed E-state index contributed by atoms with van der Waals surface area (Å²) in [6.07, 6.45) is 4.61. The summed E-state index contributed by atoms with van der Waals surface area (Å²) >= 11 is 0. The van der Waals surface area contributed by atoms with Crippen LogP contribution in [0, 0.1) is 0 Å². The normalized spacial score (nSPS) is 36.5. The second-order valence-corrected chi connectivity index (χ2v) is 3.52. The van der Waals surface area contributed by atoms with Crippen molar-refractivity contribution >= 4 is 6.09 Å². The maximum Gasteiger partial charge on any atom is 0.410 e. The first-order valence-corrected chi connectivity index (χ1v) is 4.45. The maximum absolute atomic E-state index is 11.3. The van der Waals surface area contributed by atoms with Crippen LogP contribution in [0.3, 0.4) is 0 Å². The topological polar surface area (TPSA) is 49.8 Å². The number of methoxy groups -OCH3 is 1. The number of fused-ring (bicyclic) bond motifs is 2. The molecule has 2 unspecified atom stereocenters. The van der Waals surface area contributed by atoms with Gasteiger partial charge < -0.3 is 9.84 Å². The Morgan fingerprint density at radius 3 is 2.46 bits per heavy atom. The zero-order chi connectivity index (χ0) is 9.42. The lowest BCUT2D eigenvalue weighted by molar-refractivity contribution is 0.0384. The van der Waals surface area contributed by atoms with Crippen LogP contribution >= 0.6 is 0 Å². The maximum atomic E-state index is 11.3. The highest BCUT2D eigenvalue weighted by molar-refractivity contribution is 5.70. The van der Waals surface area contributed by atoms with Crippen molar-refractivity contribution in [2.75, 3.05) is 7.11 Å². The highest BCUT2D eigenvalue weighted by Gasteiger charge is 2.39. The van der Waals surface area contributed by atoms with Gasteiger partial charge in [-0.2, -0.15) is 0 Å². The Morgan fingerprint density at radius 2 is 2.00 bits per heavy atom. The number of ether oxygens (including phenoxy) is 1. The monoisotopic (exact) mass is 183 g/mol. The molecule has 2 aliphatic heterocycles. The molecule has 1 fully saturated rings. The highest BCUT2D eigenvalue weighted by atomic mass is 16.5. The summed E-state index contributed by atoms with van der Waals surface area (Å²) in [6, 6.07) is 0.0578. The fourth-order valence-corrected chi connectivity index (χ4v) is 2.10. The summed E-state index contributed by atoms with van der Waals surface area (Å²) in [7, 11) is 1.38. The zero-order valence-electron chi connectivity index (χ0n) is 7.51. The standard InChI is InChI=1S/C9H13NO3/c1-13-9(12)10-6-2-3-7(10)5-8(11)4-6/h2-3,6-8,11H,4-5H2,1H3. The molecule has 0 aromatic heterocycles. The lowest BCUT2D eigenvalue weighted by atomic mass is 10.00. The molecule has 4 nitrogen and oxygen atoms in total. The van der Waals surface area contributed by atoms with E-state index in [2.05, 4.69) is 4.74 Å². The molecule has 2 bridgehead atoms. The second-order valence-electron chi connectivity index (χ2n) is 3.52. The molecule has 2 rings (SSSR count). The molecular weight excluding hydrogens is 170 g/mol. The summed E-state index contributed by atoms with van der Waals surface area (Å²) in [5.41, 5.74) is 0. The van der Waals surface area contributed by atoms with Crippen molar-refractivity contribution in [3.8, 4) is 0 Å². The molecule has 2 atom stereocenters. The molecule has 2 heterocycles. The molecule has 0 aromatic rings. The van der Waals surface area contributed by atoms with Gasteiger partial charge in [0.1, 0.15) is 0 Å². The van der Waals surface area contributed by atoms with E-state index in [1.165, 1.54) is 7.11 Å². The lowest BCUT2D eigenvalue weighted by Crippen LogP contribution is -2.48. The molecule has 0 aromatic carbocycles. The lowest BCUT2D eigenvalue weighted by Gasteiger charge is -2.35. The fraction of sp³-hybridized carbons (Fsp3) is 0.667. The predicted molar refractivity (Wildman–Crippen MR) is 46.2 cm³/mol. The number of carbonyl (C=O) groups excluding carboxylic acids is 1. The summed E-state index contributed by atoms with van der Waals surface area (Å²) < 4.78 is 4.67. The number of hydrogen-bond acceptors (Lipinski definition) is 3. The molecule has 0 radical (unpaired) electrons. The van der Waals surface area contributed by atoms with Gasteiger partial charge in [0.2, 0.25) is 0 Å². The smallest absolute Gasteiger partial charge is 0.410 e. The van der Waals surface area contributed by atoms with Gasteiger partial charge in [-0.25, -0.2) is 4.79 Å². The third kappa shape index (κ3) is 1.31. The molecule has 13 heavy (non-hydrogen) atoms. The van der Waals surface area contributed by atoms with Crippen LogP contribution in [0.1, 0.15) is 12.8 Å². The van der Waals surface area contributed by atoms with E-state index in [4.69, 9.17) is 0 Å². The number of hydrogen-bond donors (Lipinski definition) is 1. The average molecular weight is 183 g/mol. The summed E-state index contributed by atoms with van der Waals surface area (Å²) in [6.45, 7) is 0. The predicted octanol–water partition coefficient (Wildman–Crippen LogP) is 0.516. The minimum absolute atomic E-state index is 0.0289. The van der Waals surface area contributed by atoms with Crippen molar-refractivity contribution < 1.29 is 14.6 Å². The van der Waals surface area contributed by atoms with Gasteiger partial charge in [-0.05, 0) is 12.8 Å². The first-order valence-electron chi connectivity index (χ1n) is 4.45. The van der Waals surface area contributed by atoms with E-state index in [9.17, 15) is 9.90 Å². The van der Waals surface area contributed by atoms with Crippen molar-refractivity contribution in [1.82, 2.24) is 4.90 Å². The van der Waals surface area contributed by atoms with E-state index < -0.39 is 0 Å². The van der Waals surface area contributed by atoms with E-state index in [0.29, 0.717) is 12.8 Å². The molecule has 1 amide bonds. The van der Waals surface area contributed by atoms with Gasteiger partial charge in [0, 0.05) is 0 Å². The minimum atomic E-state index is -0.299. The van der Waals surface area contributed by atoms with Crippen molar-refractivity contribution in [2.24, 2.45) is 0 Å². The first kappa shape index (κ1) is 8.56. The summed E-state index contributed by atoms with van der Waals surface area (Å²) in [5, 5.41) is 9.44. The zero-order valence-corrected chi connectivity index (χ0v) is 7.51. The third-order valence-corrected chi connectivity index (χ3v) is 2.68. The van der Waals surface area contributed by atoms with E-state index in [-0.39, 0.29) is 24.3 Å². The SMILES string of the molecule is COC(=O)N1C2C=CC1CC(O)C2. The second kappa shape index (κ2) is 3.03. The van der Waals surface area contributed by atoms with E-state index in [1.54, 1.807) is 4.90 Å². The Balaban J connectivity index is 2.13. The van der Waals surface area contributed by atoms with Crippen LogP contribution in [0.5, 0.6) is 0 Å². The number of rotatable bonds is 0. The number of amides is 1. The molecule has 2 aliphatic rings. The van der Waals surface area contributed by atoms with Crippen LogP contribution in [-0.2, 0) is 4.74 Å². The fourth-order valence-electron chi connectivity index (χ4n) is 2.10. The van der Waals surface area contributed by atoms with Crippen LogP contribution in [0.4, 0.5) is 4.79 Å². The number of aliphatic hydroxyl groups is 1. The van der Waals surface area contributed by atoms with Crippen LogP contribution in [-0.4, -0.2) is 41.4 Å². The Morgan fingerprint density at radius 1 is 1.46 bits per heavy atom. The number of piperidine rings is 1. The van der Waals surface area contributed by atoms with Crippen LogP contribution < -0.4 is 0 Å². The van der Waals surface area contributed by atoms with Gasteiger partial charge in [0.15, 0.2) is 0 Å². The molecule has 1 saturated heterocycles. The average Bonchev–Trinajstić information content (AvgIpc) is 2.37. The van der Waals surface area contributed by atoms with E-state index in [1.807, 2.05) is 12.2 Å². The van der Waals surface area contributed by atoms with Crippen molar-refractivity contribution in [2.45, 2.75) is 31.0 Å². The van der Waals surface area contributed by atoms with Crippen molar-refractivity contribution in [3.63, 3.8) is 0 Å². The van der Waals surface area contributed by atoms with Crippen LogP contribution in [0.2, 0.25) is 0 Å². The molecule has 0 saturated carbocycles. The van der Waals surface area contributed by atoms with Gasteiger partial charge in [-0.1, -0.05) is 12.2 Å². The Labute approximate surface area is 76.8 Å². The van der Waals surface area contributed by atoms with Crippen LogP contribution in [0.15, 0.2) is 12.2 Å².